The van der Waals surface area contributed by atoms with E-state index in [1.807, 2.05) is 0 Å². The maximum Gasteiger partial charge on any atom is 0.161 e. The van der Waals surface area contributed by atoms with Gasteiger partial charge in [0.2, 0.25) is 0 Å². The van der Waals surface area contributed by atoms with Crippen LogP contribution < -0.4 is 9.47 Å². The Morgan fingerprint density at radius 1 is 1.57 bits per heavy atom. The number of hydrogen-bond donors (Lipinski definition) is 1. The van der Waals surface area contributed by atoms with Crippen LogP contribution in [-0.2, 0) is 6.37 Å². The third-order valence-electron chi connectivity index (χ3n) is 3.72. The summed E-state index contributed by atoms with van der Waals surface area (Å²) in [7, 11) is -1.92. The van der Waals surface area contributed by atoms with Crippen LogP contribution in [0.25, 0.3) is 0 Å². The van der Waals surface area contributed by atoms with Crippen molar-refractivity contribution in [1.82, 2.24) is 4.90 Å². The molecule has 0 bridgehead atoms. The molecule has 1 fully saturated rings. The van der Waals surface area contributed by atoms with E-state index in [2.05, 4.69) is 0 Å². The van der Waals surface area contributed by atoms with Crippen LogP contribution in [-0.4, -0.2) is 43.3 Å². The Labute approximate surface area is 161 Å². The molecular weight excluding hydrogens is 290 g/mol. The van der Waals surface area contributed by atoms with E-state index in [-0.39, 0.29) is 10.6 Å². The number of piperidine rings is 1. The van der Waals surface area contributed by atoms with Crippen LogP contribution in [0.2, 0.25) is 0 Å². The van der Waals surface area contributed by atoms with Crippen molar-refractivity contribution >= 4 is 0 Å². The summed E-state index contributed by atoms with van der Waals surface area (Å²) in [6, 6.07) is -0.884. The summed E-state index contributed by atoms with van der Waals surface area (Å²) in [5.74, 6) is -6.28. The second-order valence-electron chi connectivity index (χ2n) is 5.32. The van der Waals surface area contributed by atoms with E-state index >= 15 is 0 Å². The van der Waals surface area contributed by atoms with Gasteiger partial charge in [0.05, 0.1) is 25.7 Å². The quantitative estimate of drug-likeness (QED) is 0.918. The van der Waals surface area contributed by atoms with Crippen molar-refractivity contribution in [2.75, 3.05) is 27.1 Å². The first kappa shape index (κ1) is 5.92. The molecule has 128 valence electrons. The number of hydrogen-bond acceptors (Lipinski definition) is 4. The summed E-state index contributed by atoms with van der Waals surface area (Å²) in [4.78, 5) is 0.0890. The Balaban J connectivity index is 2.36. The van der Waals surface area contributed by atoms with Gasteiger partial charge in [-0.15, -0.1) is 0 Å². The minimum Gasteiger partial charge on any atom is -0.493 e. The van der Waals surface area contributed by atoms with Crippen molar-refractivity contribution in [3.8, 4) is 11.5 Å². The third-order valence-corrected chi connectivity index (χ3v) is 3.72. The topological polar surface area (TPSA) is 41.9 Å². The maximum atomic E-state index is 11.1. The van der Waals surface area contributed by atoms with Gasteiger partial charge >= 0.3 is 0 Å². The summed E-state index contributed by atoms with van der Waals surface area (Å²) in [5.41, 5.74) is -1.00. The van der Waals surface area contributed by atoms with Crippen LogP contribution in [0.5, 0.6) is 11.5 Å². The second kappa shape index (κ2) is 6.70. The van der Waals surface area contributed by atoms with Gasteiger partial charge in [-0.25, -0.2) is 0 Å². The highest BCUT2D eigenvalue weighted by molar-refractivity contribution is 5.49. The first-order chi connectivity index (χ1) is 17.1. The predicted molar refractivity (Wildman–Crippen MR) is 91.1 cm³/mol. The van der Waals surface area contributed by atoms with Crippen LogP contribution in [0.15, 0.2) is 12.1 Å². The fraction of sp³-hybridized carbons (Fsp3) is 0.684. The summed E-state index contributed by atoms with van der Waals surface area (Å²) in [6.07, 6.45) is -9.63. The molecule has 1 aromatic carbocycles. The Bertz CT molecular complexity index is 1130. The molecule has 4 heteroatoms. The lowest BCUT2D eigenvalue weighted by molar-refractivity contribution is -0.0191. The lowest BCUT2D eigenvalue weighted by atomic mass is 9.79. The summed E-state index contributed by atoms with van der Waals surface area (Å²) in [5, 5.41) is 11.1. The third kappa shape index (κ3) is 3.20. The number of rotatable bonds is 4. The molecule has 1 aromatic rings. The number of methoxy groups -OCH3 is 2. The lowest BCUT2D eigenvalue weighted by Crippen LogP contribution is -2.48. The largest absolute Gasteiger partial charge is 0.493 e. The number of aryl methyl sites for hydroxylation is 1. The highest BCUT2D eigenvalue weighted by atomic mass is 16.5. The molecule has 2 aliphatic rings. The van der Waals surface area contributed by atoms with Gasteiger partial charge in [0.25, 0.3) is 0 Å². The number of ether oxygens (including phenoxy) is 2. The molecule has 0 aromatic heterocycles. The lowest BCUT2D eigenvalue weighted by Gasteiger charge is -2.46. The average Bonchev–Trinajstić information content (AvgIpc) is 2.68. The summed E-state index contributed by atoms with van der Waals surface area (Å²) in [6.45, 7) is -9.51. The molecule has 0 aliphatic carbocycles. The van der Waals surface area contributed by atoms with Crippen molar-refractivity contribution < 1.29 is 36.5 Å². The van der Waals surface area contributed by atoms with Crippen molar-refractivity contribution in [3.05, 3.63) is 23.3 Å². The van der Waals surface area contributed by atoms with Gasteiger partial charge in [0, 0.05) is 35.5 Å². The fourth-order valence-electron chi connectivity index (χ4n) is 2.66. The molecule has 3 rings (SSSR count). The van der Waals surface area contributed by atoms with Gasteiger partial charge in [-0.2, -0.15) is 0 Å². The Morgan fingerprint density at radius 2 is 2.39 bits per heavy atom. The number of fused-ring (bicyclic) bond motifs is 3. The van der Waals surface area contributed by atoms with E-state index in [0.717, 1.165) is 19.2 Å². The van der Waals surface area contributed by atoms with E-state index in [9.17, 15) is 6.48 Å². The predicted octanol–water partition coefficient (Wildman–Crippen LogP) is 3.03. The maximum absolute atomic E-state index is 11.1. The molecule has 1 saturated heterocycles. The SMILES string of the molecule is [2H]C([2H])([2H])Oc1cc2c(cc1OC)C([2H])([2H])C([2H])([2H])N1C2([2H])CC(O)C(C([2H])([2H])C([2H])(C)C([2H])([2H])[2H])C1([2H])[2H]. The van der Waals surface area contributed by atoms with Gasteiger partial charge in [-0.05, 0) is 54.2 Å². The van der Waals surface area contributed by atoms with Gasteiger partial charge in [-0.1, -0.05) is 13.8 Å². The van der Waals surface area contributed by atoms with Crippen LogP contribution in [0.1, 0.15) is 65.6 Å². The Morgan fingerprint density at radius 3 is 3.13 bits per heavy atom. The van der Waals surface area contributed by atoms with Crippen LogP contribution >= 0.6 is 0 Å². The number of benzene rings is 1. The van der Waals surface area contributed by atoms with Crippen LogP contribution in [0, 0.1) is 11.8 Å². The second-order valence-corrected chi connectivity index (χ2v) is 5.32. The zero-order valence-corrected chi connectivity index (χ0v) is 12.7. The average molecular weight is 336 g/mol. The molecule has 0 saturated carbocycles. The van der Waals surface area contributed by atoms with Crippen molar-refractivity contribution in [3.63, 3.8) is 0 Å². The number of nitrogens with zero attached hydrogens (tertiary/aromatic N) is 1. The van der Waals surface area contributed by atoms with E-state index in [4.69, 9.17) is 30.0 Å². The van der Waals surface area contributed by atoms with Gasteiger partial charge in [-0.3, -0.25) is 4.90 Å². The molecule has 0 spiro atoms. The zero-order chi connectivity index (χ0) is 30.6. The fourth-order valence-corrected chi connectivity index (χ4v) is 2.66. The first-order valence-electron chi connectivity index (χ1n) is 15.0. The highest BCUT2D eigenvalue weighted by Gasteiger charge is 2.38. The number of aliphatic hydroxyl groups excluding tert-OH is 1. The minimum atomic E-state index is -3.46. The molecule has 1 N–H and O–H groups in total. The normalized spacial score (nSPS) is 51.8. The molecule has 4 atom stereocenters. The van der Waals surface area contributed by atoms with Crippen molar-refractivity contribution in [2.24, 2.45) is 11.8 Å². The molecule has 2 heterocycles. The standard InChI is InChI=1S/C19H29NO3/c1-12(2)7-14-11-20-6-5-13-8-18(22-3)19(23-4)9-15(13)16(20)10-17(14)21/h8-9,12,14,16-17,21H,5-7,10-11H2,1-4H3/i1D3,4D3,5D2,6D2,7D2,11D2,12D,16D. The van der Waals surface area contributed by atoms with Gasteiger partial charge < -0.3 is 14.6 Å². The monoisotopic (exact) mass is 335 g/mol. The molecule has 4 unspecified atom stereocenters. The molecular formula is C19H29NO3. The van der Waals surface area contributed by atoms with Crippen LogP contribution in [0.4, 0.5) is 0 Å². The van der Waals surface area contributed by atoms with E-state index < -0.39 is 86.9 Å². The van der Waals surface area contributed by atoms with Crippen LogP contribution in [0.3, 0.4) is 0 Å². The highest BCUT2D eigenvalue weighted by Crippen LogP contribution is 2.43. The Hall–Kier alpha value is -1.26. The molecule has 2 aliphatic heterocycles. The van der Waals surface area contributed by atoms with Gasteiger partial charge in [0.1, 0.15) is 0 Å². The summed E-state index contributed by atoms with van der Waals surface area (Å²) >= 11 is 0. The molecule has 0 amide bonds. The van der Waals surface area contributed by atoms with E-state index in [1.165, 1.54) is 0 Å². The molecule has 23 heavy (non-hydrogen) atoms. The smallest absolute Gasteiger partial charge is 0.161 e. The number of aliphatic hydroxyl groups is 1. The van der Waals surface area contributed by atoms with Crippen molar-refractivity contribution in [1.29, 1.82) is 0 Å². The molecule has 0 radical (unpaired) electrons. The molecule has 4 nitrogen and oxygen atoms in total. The first-order valence-corrected chi connectivity index (χ1v) is 7.03. The minimum absolute atomic E-state index is 0.0890. The van der Waals surface area contributed by atoms with E-state index in [0.29, 0.717) is 6.92 Å². The summed E-state index contributed by atoms with van der Waals surface area (Å²) < 4.78 is 142. The van der Waals surface area contributed by atoms with Gasteiger partial charge in [0.15, 0.2) is 11.5 Å². The zero-order valence-electron chi connectivity index (χ0n) is 28.7. The van der Waals surface area contributed by atoms with E-state index in [1.54, 1.807) is 0 Å². The Kier molecular flexibility index (Phi) is 1.72. The van der Waals surface area contributed by atoms with Crippen molar-refractivity contribution in [2.45, 2.75) is 45.1 Å².